The van der Waals surface area contributed by atoms with Crippen LogP contribution in [0.4, 0.5) is 0 Å². The third-order valence-electron chi connectivity index (χ3n) is 3.33. The zero-order chi connectivity index (χ0) is 13.9. The molecule has 0 saturated heterocycles. The van der Waals surface area contributed by atoms with Crippen LogP contribution < -0.4 is 11.3 Å². The maximum Gasteiger partial charge on any atom is 0.268 e. The van der Waals surface area contributed by atoms with E-state index in [0.29, 0.717) is 13.1 Å². The van der Waals surface area contributed by atoms with E-state index in [1.807, 2.05) is 28.2 Å². The average molecular weight is 284 g/mol. The quantitative estimate of drug-likeness (QED) is 0.800. The van der Waals surface area contributed by atoms with E-state index in [-0.39, 0.29) is 5.56 Å². The Morgan fingerprint density at radius 1 is 1.00 bits per heavy atom. The molecule has 3 rings (SSSR count). The molecule has 0 aliphatic carbocycles. The minimum Gasteiger partial charge on any atom is -0.330 e. The van der Waals surface area contributed by atoms with E-state index in [9.17, 15) is 4.79 Å². The molecule has 3 aromatic rings. The lowest BCUT2D eigenvalue weighted by Gasteiger charge is -2.03. The second kappa shape index (κ2) is 5.61. The molecular formula is C16H16N2OS. The normalized spacial score (nSPS) is 11.1. The van der Waals surface area contributed by atoms with E-state index in [2.05, 4.69) is 24.3 Å². The highest BCUT2D eigenvalue weighted by atomic mass is 32.1. The van der Waals surface area contributed by atoms with Gasteiger partial charge in [0, 0.05) is 0 Å². The highest BCUT2D eigenvalue weighted by Gasteiger charge is 2.07. The maximum absolute atomic E-state index is 12.3. The zero-order valence-electron chi connectivity index (χ0n) is 11.1. The van der Waals surface area contributed by atoms with Gasteiger partial charge in [-0.25, -0.2) is 0 Å². The molecule has 4 heteroatoms. The summed E-state index contributed by atoms with van der Waals surface area (Å²) in [6.07, 6.45) is 0.892. The van der Waals surface area contributed by atoms with Gasteiger partial charge >= 0.3 is 0 Å². The Kier molecular flexibility index (Phi) is 3.67. The van der Waals surface area contributed by atoms with Crippen LogP contribution in [0.2, 0.25) is 0 Å². The summed E-state index contributed by atoms with van der Waals surface area (Å²) < 4.78 is 2.85. The lowest BCUT2D eigenvalue weighted by atomic mass is 10.1. The van der Waals surface area contributed by atoms with Crippen LogP contribution in [0.15, 0.2) is 53.3 Å². The smallest absolute Gasteiger partial charge is 0.268 e. The van der Waals surface area contributed by atoms with Crippen molar-refractivity contribution < 1.29 is 0 Å². The minimum absolute atomic E-state index is 0.0941. The fourth-order valence-electron chi connectivity index (χ4n) is 2.27. The van der Waals surface area contributed by atoms with Gasteiger partial charge in [0.2, 0.25) is 0 Å². The molecule has 0 spiro atoms. The van der Waals surface area contributed by atoms with Gasteiger partial charge in [0.05, 0.1) is 16.6 Å². The molecule has 3 nitrogen and oxygen atoms in total. The predicted molar refractivity (Wildman–Crippen MR) is 84.4 cm³/mol. The first kappa shape index (κ1) is 13.1. The molecule has 1 heterocycles. The molecule has 0 fully saturated rings. The molecule has 2 aromatic carbocycles. The molecule has 0 bridgehead atoms. The summed E-state index contributed by atoms with van der Waals surface area (Å²) in [6, 6.07) is 16.1. The van der Waals surface area contributed by atoms with E-state index >= 15 is 0 Å². The van der Waals surface area contributed by atoms with Crippen molar-refractivity contribution in [2.75, 3.05) is 6.54 Å². The molecule has 0 atom stereocenters. The number of nitrogens with zero attached hydrogens (tertiary/aromatic N) is 1. The summed E-state index contributed by atoms with van der Waals surface area (Å²) in [7, 11) is 0. The van der Waals surface area contributed by atoms with E-state index in [1.54, 1.807) is 0 Å². The molecular weight excluding hydrogens is 268 g/mol. The van der Waals surface area contributed by atoms with Crippen molar-refractivity contribution in [2.24, 2.45) is 5.73 Å². The number of hydrogen-bond donors (Lipinski definition) is 1. The van der Waals surface area contributed by atoms with Gasteiger partial charge in [-0.3, -0.25) is 8.75 Å². The lowest BCUT2D eigenvalue weighted by Crippen LogP contribution is -2.13. The van der Waals surface area contributed by atoms with Crippen molar-refractivity contribution in [3.8, 4) is 0 Å². The summed E-state index contributed by atoms with van der Waals surface area (Å²) >= 11 is 1.52. The monoisotopic (exact) mass is 284 g/mol. The maximum atomic E-state index is 12.3. The number of nitrogens with two attached hydrogens (primary N) is 1. The van der Waals surface area contributed by atoms with Crippen LogP contribution in [0.3, 0.4) is 0 Å². The van der Waals surface area contributed by atoms with Gasteiger partial charge in [0.25, 0.3) is 5.56 Å². The number of hydrogen-bond acceptors (Lipinski definition) is 3. The Balaban J connectivity index is 1.89. The third-order valence-corrected chi connectivity index (χ3v) is 4.40. The van der Waals surface area contributed by atoms with Crippen LogP contribution in [0.5, 0.6) is 0 Å². The van der Waals surface area contributed by atoms with Crippen LogP contribution in [0, 0.1) is 0 Å². The van der Waals surface area contributed by atoms with E-state index in [0.717, 1.165) is 22.1 Å². The van der Waals surface area contributed by atoms with E-state index < -0.39 is 0 Å². The van der Waals surface area contributed by atoms with Crippen LogP contribution >= 0.6 is 11.5 Å². The van der Waals surface area contributed by atoms with Crippen molar-refractivity contribution in [1.29, 1.82) is 0 Å². The van der Waals surface area contributed by atoms with Crippen LogP contribution in [-0.2, 0) is 13.0 Å². The highest BCUT2D eigenvalue weighted by Crippen LogP contribution is 2.17. The Labute approximate surface area is 121 Å². The van der Waals surface area contributed by atoms with Gasteiger partial charge in [-0.1, -0.05) is 47.9 Å². The molecule has 0 saturated carbocycles. The number of fused-ring (bicyclic) bond motifs is 1. The summed E-state index contributed by atoms with van der Waals surface area (Å²) in [5, 5.41) is 0.803. The molecule has 102 valence electrons. The SMILES string of the molecule is NCCc1ccc(Cn2sc3ccccc3c2=O)cc1. The van der Waals surface area contributed by atoms with E-state index in [1.165, 1.54) is 17.1 Å². The highest BCUT2D eigenvalue weighted by molar-refractivity contribution is 7.13. The molecule has 0 unspecified atom stereocenters. The van der Waals surface area contributed by atoms with Gasteiger partial charge in [-0.2, -0.15) is 0 Å². The molecule has 0 aliphatic rings. The van der Waals surface area contributed by atoms with Crippen LogP contribution in [-0.4, -0.2) is 10.5 Å². The van der Waals surface area contributed by atoms with Crippen molar-refractivity contribution in [3.63, 3.8) is 0 Å². The first-order valence-electron chi connectivity index (χ1n) is 6.64. The van der Waals surface area contributed by atoms with Crippen molar-refractivity contribution >= 4 is 21.6 Å². The fourth-order valence-corrected chi connectivity index (χ4v) is 3.29. The topological polar surface area (TPSA) is 48.0 Å². The summed E-state index contributed by atoms with van der Waals surface area (Å²) in [4.78, 5) is 12.3. The van der Waals surface area contributed by atoms with Gasteiger partial charge in [-0.15, -0.1) is 0 Å². The fraction of sp³-hybridized carbons (Fsp3) is 0.188. The molecule has 0 aliphatic heterocycles. The van der Waals surface area contributed by atoms with Crippen molar-refractivity contribution in [1.82, 2.24) is 3.96 Å². The lowest BCUT2D eigenvalue weighted by molar-refractivity contribution is 0.852. The van der Waals surface area contributed by atoms with Gasteiger partial charge in [-0.05, 0) is 36.2 Å². The molecule has 1 aromatic heterocycles. The summed E-state index contributed by atoms with van der Waals surface area (Å²) in [6.45, 7) is 1.29. The second-order valence-electron chi connectivity index (χ2n) is 4.78. The minimum atomic E-state index is 0.0941. The Morgan fingerprint density at radius 3 is 2.40 bits per heavy atom. The Hall–Kier alpha value is -1.91. The Bertz CT molecular complexity index is 771. The first-order valence-corrected chi connectivity index (χ1v) is 7.42. The predicted octanol–water partition coefficient (Wildman–Crippen LogP) is 2.61. The van der Waals surface area contributed by atoms with Crippen LogP contribution in [0.25, 0.3) is 10.1 Å². The average Bonchev–Trinajstić information content (AvgIpc) is 2.79. The van der Waals surface area contributed by atoms with E-state index in [4.69, 9.17) is 5.73 Å². The number of aromatic nitrogens is 1. The third kappa shape index (κ3) is 2.53. The number of rotatable bonds is 4. The van der Waals surface area contributed by atoms with Gasteiger partial charge in [0.15, 0.2) is 0 Å². The van der Waals surface area contributed by atoms with Gasteiger partial charge in [0.1, 0.15) is 0 Å². The van der Waals surface area contributed by atoms with Crippen LogP contribution in [0.1, 0.15) is 11.1 Å². The first-order chi connectivity index (χ1) is 9.78. The standard InChI is InChI=1S/C16H16N2OS/c17-10-9-12-5-7-13(8-6-12)11-18-16(19)14-3-1-2-4-15(14)20-18/h1-8H,9-11,17H2. The Morgan fingerprint density at radius 2 is 1.70 bits per heavy atom. The molecule has 0 radical (unpaired) electrons. The zero-order valence-corrected chi connectivity index (χ0v) is 11.9. The summed E-state index contributed by atoms with van der Waals surface area (Å²) in [5.41, 5.74) is 8.01. The summed E-state index contributed by atoms with van der Waals surface area (Å²) in [5.74, 6) is 0. The molecule has 2 N–H and O–H groups in total. The largest absolute Gasteiger partial charge is 0.330 e. The molecule has 0 amide bonds. The second-order valence-corrected chi connectivity index (χ2v) is 5.85. The molecule has 20 heavy (non-hydrogen) atoms. The van der Waals surface area contributed by atoms with Crippen molar-refractivity contribution in [3.05, 3.63) is 70.0 Å². The van der Waals surface area contributed by atoms with Crippen molar-refractivity contribution in [2.45, 2.75) is 13.0 Å². The van der Waals surface area contributed by atoms with Gasteiger partial charge < -0.3 is 5.73 Å². The number of benzene rings is 2.